The molecule has 0 bridgehead atoms. The zero-order valence-electron chi connectivity index (χ0n) is 9.38. The Morgan fingerprint density at radius 2 is 1.88 bits per heavy atom. The molecule has 2 rings (SSSR count). The number of ketones is 1. The van der Waals surface area contributed by atoms with Crippen molar-refractivity contribution >= 4 is 29.0 Å². The molecule has 0 atom stereocenters. The van der Waals surface area contributed by atoms with Crippen LogP contribution in [0.1, 0.15) is 31.2 Å². The number of benzene rings is 1. The molecule has 1 aliphatic carbocycles. The molecule has 1 saturated carbocycles. The maximum absolute atomic E-state index is 12.0. The number of aliphatic hydroxyl groups is 1. The normalized spacial score (nSPS) is 18.3. The lowest BCUT2D eigenvalue weighted by Crippen LogP contribution is -2.36. The van der Waals surface area contributed by atoms with Crippen LogP contribution in [0, 0.1) is 0 Å². The molecule has 0 spiro atoms. The molecular weight excluding hydrogens is 259 g/mol. The van der Waals surface area contributed by atoms with Crippen LogP contribution in [-0.2, 0) is 11.2 Å². The third-order valence-corrected chi connectivity index (χ3v) is 4.04. The van der Waals surface area contributed by atoms with E-state index in [-0.39, 0.29) is 12.2 Å². The van der Waals surface area contributed by atoms with E-state index < -0.39 is 5.60 Å². The quantitative estimate of drug-likeness (QED) is 0.916. The molecule has 0 aromatic heterocycles. The van der Waals surface area contributed by atoms with Crippen LogP contribution < -0.4 is 0 Å². The fourth-order valence-corrected chi connectivity index (χ4v) is 2.56. The van der Waals surface area contributed by atoms with Gasteiger partial charge < -0.3 is 5.11 Å². The maximum Gasteiger partial charge on any atom is 0.168 e. The average Bonchev–Trinajstić information content (AvgIpc) is 2.72. The predicted octanol–water partition coefficient (Wildman–Crippen LogP) is 3.41. The number of rotatable bonds is 3. The van der Waals surface area contributed by atoms with Crippen LogP contribution in [-0.4, -0.2) is 16.5 Å². The molecule has 0 unspecified atom stereocenters. The van der Waals surface area contributed by atoms with Crippen molar-refractivity contribution in [3.63, 3.8) is 0 Å². The Bertz CT molecular complexity index is 437. The Morgan fingerprint density at radius 3 is 2.47 bits per heavy atom. The van der Waals surface area contributed by atoms with Crippen LogP contribution >= 0.6 is 23.2 Å². The molecule has 92 valence electrons. The largest absolute Gasteiger partial charge is 0.382 e. The number of halogens is 2. The highest BCUT2D eigenvalue weighted by Gasteiger charge is 2.38. The van der Waals surface area contributed by atoms with Gasteiger partial charge >= 0.3 is 0 Å². The fourth-order valence-electron chi connectivity index (χ4n) is 2.24. The smallest absolute Gasteiger partial charge is 0.168 e. The highest BCUT2D eigenvalue weighted by atomic mass is 35.5. The summed E-state index contributed by atoms with van der Waals surface area (Å²) in [6, 6.07) is 5.12. The molecule has 0 amide bonds. The van der Waals surface area contributed by atoms with E-state index >= 15 is 0 Å². The van der Waals surface area contributed by atoms with Crippen LogP contribution in [0.4, 0.5) is 0 Å². The molecule has 0 radical (unpaired) electrons. The van der Waals surface area contributed by atoms with Gasteiger partial charge in [-0.3, -0.25) is 4.79 Å². The Balaban J connectivity index is 2.10. The maximum atomic E-state index is 12.0. The van der Waals surface area contributed by atoms with Gasteiger partial charge in [0.05, 0.1) is 10.0 Å². The lowest BCUT2D eigenvalue weighted by atomic mass is 9.92. The van der Waals surface area contributed by atoms with E-state index in [1.54, 1.807) is 18.2 Å². The first kappa shape index (κ1) is 12.9. The van der Waals surface area contributed by atoms with Crippen LogP contribution in [0.3, 0.4) is 0 Å². The lowest BCUT2D eigenvalue weighted by molar-refractivity contribution is -0.136. The van der Waals surface area contributed by atoms with Crippen molar-refractivity contribution in [1.29, 1.82) is 0 Å². The van der Waals surface area contributed by atoms with Gasteiger partial charge in [-0.2, -0.15) is 0 Å². The van der Waals surface area contributed by atoms with Crippen molar-refractivity contribution in [1.82, 2.24) is 0 Å². The minimum absolute atomic E-state index is 0.117. The molecule has 17 heavy (non-hydrogen) atoms. The van der Waals surface area contributed by atoms with Crippen molar-refractivity contribution in [2.24, 2.45) is 0 Å². The van der Waals surface area contributed by atoms with Crippen molar-refractivity contribution < 1.29 is 9.90 Å². The summed E-state index contributed by atoms with van der Waals surface area (Å²) in [7, 11) is 0. The number of carbonyl (C=O) groups excluding carboxylic acids is 1. The minimum Gasteiger partial charge on any atom is -0.382 e. The zero-order valence-corrected chi connectivity index (χ0v) is 10.9. The van der Waals surface area contributed by atoms with E-state index in [0.717, 1.165) is 18.4 Å². The number of Topliss-reactive ketones (excluding diaryl/α,β-unsaturated/α-hetero) is 1. The summed E-state index contributed by atoms with van der Waals surface area (Å²) in [5.41, 5.74) is -0.323. The van der Waals surface area contributed by atoms with Crippen molar-refractivity contribution in [3.8, 4) is 0 Å². The number of hydrogen-bond donors (Lipinski definition) is 1. The van der Waals surface area contributed by atoms with Crippen LogP contribution in [0.15, 0.2) is 18.2 Å². The molecule has 1 aliphatic rings. The molecule has 2 nitrogen and oxygen atoms in total. The summed E-state index contributed by atoms with van der Waals surface area (Å²) in [6.45, 7) is 0. The Morgan fingerprint density at radius 1 is 1.24 bits per heavy atom. The summed E-state index contributed by atoms with van der Waals surface area (Å²) >= 11 is 11.7. The highest BCUT2D eigenvalue weighted by Crippen LogP contribution is 2.31. The zero-order chi connectivity index (χ0) is 12.5. The van der Waals surface area contributed by atoms with Gasteiger partial charge in [0, 0.05) is 6.42 Å². The monoisotopic (exact) mass is 272 g/mol. The van der Waals surface area contributed by atoms with Crippen molar-refractivity contribution in [3.05, 3.63) is 33.8 Å². The fraction of sp³-hybridized carbons (Fsp3) is 0.462. The first-order valence-electron chi connectivity index (χ1n) is 5.71. The molecule has 0 heterocycles. The Labute approximate surface area is 111 Å². The molecule has 1 fully saturated rings. The van der Waals surface area contributed by atoms with E-state index in [9.17, 15) is 9.90 Å². The Hall–Kier alpha value is -0.570. The van der Waals surface area contributed by atoms with Crippen molar-refractivity contribution in [2.45, 2.75) is 37.7 Å². The topological polar surface area (TPSA) is 37.3 Å². The third kappa shape index (κ3) is 2.82. The second-order valence-corrected chi connectivity index (χ2v) is 5.40. The summed E-state index contributed by atoms with van der Waals surface area (Å²) in [5, 5.41) is 11.1. The first-order valence-corrected chi connectivity index (χ1v) is 6.46. The Kier molecular flexibility index (Phi) is 3.76. The van der Waals surface area contributed by atoms with Gasteiger partial charge in [0.2, 0.25) is 0 Å². The van der Waals surface area contributed by atoms with E-state index in [1.807, 2.05) is 0 Å². The van der Waals surface area contributed by atoms with Crippen LogP contribution in [0.25, 0.3) is 0 Å². The van der Waals surface area contributed by atoms with Gasteiger partial charge in [0.15, 0.2) is 5.78 Å². The van der Waals surface area contributed by atoms with Gasteiger partial charge in [-0.05, 0) is 43.4 Å². The van der Waals surface area contributed by atoms with Crippen LogP contribution in [0.2, 0.25) is 10.0 Å². The molecule has 4 heteroatoms. The van der Waals surface area contributed by atoms with E-state index in [4.69, 9.17) is 23.2 Å². The van der Waals surface area contributed by atoms with E-state index in [2.05, 4.69) is 0 Å². The van der Waals surface area contributed by atoms with Gasteiger partial charge in [-0.25, -0.2) is 0 Å². The standard InChI is InChI=1S/C13H14Cl2O2/c14-10-4-3-9(7-11(10)15)8-12(16)13(17)5-1-2-6-13/h3-4,7,17H,1-2,5-6,8H2. The van der Waals surface area contributed by atoms with E-state index in [1.165, 1.54) is 0 Å². The molecule has 0 saturated heterocycles. The van der Waals surface area contributed by atoms with Gasteiger partial charge in [0.25, 0.3) is 0 Å². The first-order chi connectivity index (χ1) is 8.01. The SMILES string of the molecule is O=C(Cc1ccc(Cl)c(Cl)c1)C1(O)CCCC1. The van der Waals surface area contributed by atoms with Crippen LogP contribution in [0.5, 0.6) is 0 Å². The average molecular weight is 273 g/mol. The summed E-state index contributed by atoms with van der Waals surface area (Å²) in [5.74, 6) is -0.117. The number of carbonyl (C=O) groups is 1. The summed E-state index contributed by atoms with van der Waals surface area (Å²) in [4.78, 5) is 12.0. The van der Waals surface area contributed by atoms with Gasteiger partial charge in [-0.15, -0.1) is 0 Å². The van der Waals surface area contributed by atoms with Gasteiger partial charge in [-0.1, -0.05) is 29.3 Å². The second kappa shape index (κ2) is 4.97. The minimum atomic E-state index is -1.12. The molecule has 0 aliphatic heterocycles. The third-order valence-electron chi connectivity index (χ3n) is 3.30. The second-order valence-electron chi connectivity index (χ2n) is 4.59. The van der Waals surface area contributed by atoms with Crippen molar-refractivity contribution in [2.75, 3.05) is 0 Å². The molecular formula is C13H14Cl2O2. The molecule has 1 N–H and O–H groups in total. The number of hydrogen-bond acceptors (Lipinski definition) is 2. The summed E-state index contributed by atoms with van der Waals surface area (Å²) in [6.07, 6.45) is 3.21. The lowest BCUT2D eigenvalue weighted by Gasteiger charge is -2.20. The summed E-state index contributed by atoms with van der Waals surface area (Å²) < 4.78 is 0. The van der Waals surface area contributed by atoms with E-state index in [0.29, 0.717) is 22.9 Å². The van der Waals surface area contributed by atoms with Gasteiger partial charge in [0.1, 0.15) is 5.60 Å². The molecule has 1 aromatic carbocycles. The highest BCUT2D eigenvalue weighted by molar-refractivity contribution is 6.42. The predicted molar refractivity (Wildman–Crippen MR) is 68.6 cm³/mol. The molecule has 1 aromatic rings.